The molecule has 1 aromatic carbocycles. The van der Waals surface area contributed by atoms with Crippen LogP contribution in [0.2, 0.25) is 0 Å². The summed E-state index contributed by atoms with van der Waals surface area (Å²) < 4.78 is 15.9. The quantitative estimate of drug-likeness (QED) is 0.422. The Balaban J connectivity index is 1.11. The van der Waals surface area contributed by atoms with Crippen molar-refractivity contribution < 1.29 is 18.8 Å². The number of unbranched alkanes of at least 4 members (excludes halogenated alkanes) is 2. The molecule has 0 bridgehead atoms. The summed E-state index contributed by atoms with van der Waals surface area (Å²) in [5.74, 6) is 2.63. The summed E-state index contributed by atoms with van der Waals surface area (Å²) in [6.07, 6.45) is 6.85. The number of nitrogens with zero attached hydrogens (tertiary/aromatic N) is 2. The maximum absolute atomic E-state index is 11.9. The summed E-state index contributed by atoms with van der Waals surface area (Å²) in [7, 11) is 0. The van der Waals surface area contributed by atoms with Gasteiger partial charge in [0.2, 0.25) is 24.4 Å². The third-order valence-electron chi connectivity index (χ3n) is 4.40. The molecule has 0 aliphatic carbocycles. The van der Waals surface area contributed by atoms with Gasteiger partial charge in [-0.05, 0) is 48.1 Å². The summed E-state index contributed by atoms with van der Waals surface area (Å²) in [4.78, 5) is 17.4. The molecule has 3 aromatic rings. The lowest BCUT2D eigenvalue weighted by Gasteiger charge is -2.02. The van der Waals surface area contributed by atoms with Crippen LogP contribution in [0, 0.1) is 0 Å². The third kappa shape index (κ3) is 5.23. The third-order valence-corrected chi connectivity index (χ3v) is 5.27. The molecule has 0 radical (unpaired) electrons. The molecule has 0 saturated heterocycles. The number of thiophene rings is 1. The summed E-state index contributed by atoms with van der Waals surface area (Å²) in [5.41, 5.74) is 0.894. The van der Waals surface area contributed by atoms with Gasteiger partial charge in [0, 0.05) is 19.0 Å². The van der Waals surface area contributed by atoms with E-state index in [1.54, 1.807) is 17.4 Å². The minimum absolute atomic E-state index is 0.111. The van der Waals surface area contributed by atoms with Crippen molar-refractivity contribution in [1.29, 1.82) is 0 Å². The fourth-order valence-corrected chi connectivity index (χ4v) is 3.55. The van der Waals surface area contributed by atoms with Crippen molar-refractivity contribution in [3.8, 4) is 22.2 Å². The lowest BCUT2D eigenvalue weighted by Crippen LogP contribution is -2.21. The summed E-state index contributed by atoms with van der Waals surface area (Å²) in [5, 5.41) is 8.89. The Morgan fingerprint density at radius 2 is 2.10 bits per heavy atom. The second-order valence-electron chi connectivity index (χ2n) is 6.54. The molecule has 0 spiro atoms. The first-order valence-corrected chi connectivity index (χ1v) is 10.4. The number of carbonyl (C=O) groups excluding carboxylic acids is 1. The van der Waals surface area contributed by atoms with Gasteiger partial charge in [0.15, 0.2) is 11.5 Å². The van der Waals surface area contributed by atoms with Crippen molar-refractivity contribution in [2.45, 2.75) is 25.7 Å². The zero-order valence-corrected chi connectivity index (χ0v) is 16.6. The van der Waals surface area contributed by atoms with Gasteiger partial charge in [-0.2, -0.15) is 4.98 Å². The highest BCUT2D eigenvalue weighted by Crippen LogP contribution is 2.32. The molecule has 1 amide bonds. The van der Waals surface area contributed by atoms with Gasteiger partial charge in [0.25, 0.3) is 0 Å². The van der Waals surface area contributed by atoms with Crippen molar-refractivity contribution in [2.75, 3.05) is 13.3 Å². The maximum atomic E-state index is 11.9. The fraction of sp³-hybridized carbons (Fsp3) is 0.286. The molecule has 1 aliphatic rings. The van der Waals surface area contributed by atoms with Gasteiger partial charge in [-0.1, -0.05) is 23.7 Å². The number of amides is 1. The molecular formula is C21H21N3O4S. The van der Waals surface area contributed by atoms with Crippen LogP contribution in [-0.4, -0.2) is 29.4 Å². The van der Waals surface area contributed by atoms with Gasteiger partial charge >= 0.3 is 0 Å². The van der Waals surface area contributed by atoms with Gasteiger partial charge in [0.1, 0.15) is 0 Å². The predicted molar refractivity (Wildman–Crippen MR) is 110 cm³/mol. The second kappa shape index (κ2) is 9.38. The molecular weight excluding hydrogens is 390 g/mol. The zero-order valence-electron chi connectivity index (χ0n) is 15.8. The van der Waals surface area contributed by atoms with Crippen LogP contribution in [0.25, 0.3) is 16.8 Å². The van der Waals surface area contributed by atoms with Crippen molar-refractivity contribution in [3.63, 3.8) is 0 Å². The van der Waals surface area contributed by atoms with Crippen molar-refractivity contribution in [1.82, 2.24) is 15.5 Å². The van der Waals surface area contributed by atoms with Crippen LogP contribution in [0.1, 0.15) is 30.7 Å². The monoisotopic (exact) mass is 411 g/mol. The summed E-state index contributed by atoms with van der Waals surface area (Å²) in [6.45, 7) is 0.875. The molecule has 2 aromatic heterocycles. The van der Waals surface area contributed by atoms with E-state index in [4.69, 9.17) is 14.0 Å². The molecule has 3 heterocycles. The molecule has 1 aliphatic heterocycles. The summed E-state index contributed by atoms with van der Waals surface area (Å²) in [6, 6.07) is 9.52. The first-order valence-electron chi connectivity index (χ1n) is 9.50. The SMILES string of the molecule is O=C(/C=C/c1ccc2c(c1)OCO2)NCCCCCc1nc(-c2cccs2)no1. The Labute approximate surface area is 172 Å². The zero-order chi connectivity index (χ0) is 19.9. The van der Waals surface area contributed by atoms with E-state index in [0.717, 1.165) is 41.9 Å². The van der Waals surface area contributed by atoms with E-state index in [1.165, 1.54) is 6.08 Å². The first-order chi connectivity index (χ1) is 14.3. The Morgan fingerprint density at radius 1 is 1.17 bits per heavy atom. The Kier molecular flexibility index (Phi) is 6.21. The molecule has 150 valence electrons. The normalized spacial score (nSPS) is 12.6. The molecule has 7 nitrogen and oxygen atoms in total. The van der Waals surface area contributed by atoms with E-state index in [-0.39, 0.29) is 12.7 Å². The number of ether oxygens (including phenoxy) is 2. The minimum Gasteiger partial charge on any atom is -0.454 e. The van der Waals surface area contributed by atoms with E-state index < -0.39 is 0 Å². The van der Waals surface area contributed by atoms with E-state index in [0.29, 0.717) is 24.0 Å². The van der Waals surface area contributed by atoms with Crippen LogP contribution >= 0.6 is 11.3 Å². The number of carbonyl (C=O) groups is 1. The topological polar surface area (TPSA) is 86.5 Å². The van der Waals surface area contributed by atoms with Crippen LogP contribution in [0.15, 0.2) is 46.3 Å². The first kappa shape index (κ1) is 19.2. The van der Waals surface area contributed by atoms with Gasteiger partial charge in [-0.25, -0.2) is 0 Å². The molecule has 0 fully saturated rings. The van der Waals surface area contributed by atoms with Gasteiger partial charge in [0.05, 0.1) is 4.88 Å². The van der Waals surface area contributed by atoms with Crippen molar-refractivity contribution in [2.24, 2.45) is 0 Å². The van der Waals surface area contributed by atoms with Crippen molar-refractivity contribution in [3.05, 3.63) is 53.2 Å². The number of benzene rings is 1. The maximum Gasteiger partial charge on any atom is 0.243 e. The number of hydrogen-bond acceptors (Lipinski definition) is 7. The highest BCUT2D eigenvalue weighted by atomic mass is 32.1. The summed E-state index contributed by atoms with van der Waals surface area (Å²) >= 11 is 1.59. The number of nitrogens with one attached hydrogen (secondary N) is 1. The highest BCUT2D eigenvalue weighted by Gasteiger charge is 2.12. The van der Waals surface area contributed by atoms with Crippen molar-refractivity contribution >= 4 is 23.3 Å². The van der Waals surface area contributed by atoms with Crippen LogP contribution in [0.3, 0.4) is 0 Å². The standard InChI is InChI=1S/C21H21N3O4S/c25-19(10-8-15-7-9-16-17(13-15)27-14-26-16)22-11-3-1-2-6-20-23-21(24-28-20)18-5-4-12-29-18/h4-5,7-10,12-13H,1-3,6,11,14H2,(H,22,25)/b10-8+. The van der Waals surface area contributed by atoms with Gasteiger partial charge in [-0.15, -0.1) is 11.3 Å². The van der Waals surface area contributed by atoms with Gasteiger partial charge < -0.3 is 19.3 Å². The highest BCUT2D eigenvalue weighted by molar-refractivity contribution is 7.13. The molecule has 1 N–H and O–H groups in total. The smallest absolute Gasteiger partial charge is 0.243 e. The van der Waals surface area contributed by atoms with Crippen LogP contribution in [-0.2, 0) is 11.2 Å². The average molecular weight is 411 g/mol. The average Bonchev–Trinajstić information content (AvgIpc) is 3.49. The van der Waals surface area contributed by atoms with Gasteiger partial charge in [-0.3, -0.25) is 4.79 Å². The molecule has 8 heteroatoms. The predicted octanol–water partition coefficient (Wildman–Crippen LogP) is 4.07. The number of aromatic nitrogens is 2. The second-order valence-corrected chi connectivity index (χ2v) is 7.48. The van der Waals surface area contributed by atoms with Crippen LogP contribution < -0.4 is 14.8 Å². The van der Waals surface area contributed by atoms with E-state index in [1.807, 2.05) is 35.7 Å². The lowest BCUT2D eigenvalue weighted by molar-refractivity contribution is -0.116. The van der Waals surface area contributed by atoms with Crippen LogP contribution in [0.5, 0.6) is 11.5 Å². The van der Waals surface area contributed by atoms with E-state index >= 15 is 0 Å². The Bertz CT molecular complexity index is 982. The molecule has 0 atom stereocenters. The lowest BCUT2D eigenvalue weighted by atomic mass is 10.2. The molecule has 0 unspecified atom stereocenters. The minimum atomic E-state index is -0.111. The number of fused-ring (bicyclic) bond motifs is 1. The number of aryl methyl sites for hydroxylation is 1. The van der Waals surface area contributed by atoms with E-state index in [9.17, 15) is 4.79 Å². The molecule has 4 rings (SSSR count). The number of rotatable bonds is 9. The van der Waals surface area contributed by atoms with Crippen LogP contribution in [0.4, 0.5) is 0 Å². The Morgan fingerprint density at radius 3 is 3.00 bits per heavy atom. The fourth-order valence-electron chi connectivity index (χ4n) is 2.90. The van der Waals surface area contributed by atoms with E-state index in [2.05, 4.69) is 15.5 Å². The molecule has 0 saturated carbocycles. The molecule has 29 heavy (non-hydrogen) atoms. The largest absolute Gasteiger partial charge is 0.454 e. The number of hydrogen-bond donors (Lipinski definition) is 1. The Hall–Kier alpha value is -3.13.